The predicted molar refractivity (Wildman–Crippen MR) is 288 cm³/mol. The van der Waals surface area contributed by atoms with Crippen molar-refractivity contribution in [3.63, 3.8) is 0 Å². The zero-order chi connectivity index (χ0) is 47.0. The van der Waals surface area contributed by atoms with Crippen molar-refractivity contribution in [1.82, 2.24) is 19.1 Å². The van der Waals surface area contributed by atoms with Gasteiger partial charge in [0.15, 0.2) is 0 Å². The van der Waals surface area contributed by atoms with Crippen LogP contribution >= 0.6 is 0 Å². The van der Waals surface area contributed by atoms with E-state index in [2.05, 4.69) is 211 Å². The molecule has 10 rings (SSSR count). The van der Waals surface area contributed by atoms with Crippen LogP contribution in [0.4, 0.5) is 0 Å². The molecule has 0 bridgehead atoms. The number of pyridine rings is 1. The van der Waals surface area contributed by atoms with Crippen LogP contribution in [0, 0.1) is 17.5 Å². The molecular weight excluding hydrogens is 1020 g/mol. The molecule has 351 valence electrons. The van der Waals surface area contributed by atoms with Gasteiger partial charge in [0, 0.05) is 43.2 Å². The molecule has 4 nitrogen and oxygen atoms in total. The van der Waals surface area contributed by atoms with Crippen molar-refractivity contribution in [2.45, 2.75) is 124 Å². The fourth-order valence-electron chi connectivity index (χ4n) is 10.4. The van der Waals surface area contributed by atoms with Crippen molar-refractivity contribution in [3.05, 3.63) is 174 Å². The standard InChI is InChI=1S/C43H42N3.C19H26NSi.Ir/c1-28(2)34-18-13-19-35(29(3)4)42(34)46-41-21-12-11-20-38(41)44-43(46)32-23-25-40-37(27-32)36-26-31(30-14-7-5-8-15-30)22-24-39(36)45(40)33-16-9-6-10-17-33;1-19(2,3)13-16-12-17(15-10-8-7-9-11-15)20-14-18(16)21(4,5)6;/h6,9-13,16-22,24-30H,5,7-8,14-15H2,1-4H3;7-10,12,14H,13H2,1-6H3;/q2*-1;. The van der Waals surface area contributed by atoms with Gasteiger partial charge < -0.3 is 14.1 Å². The quantitative estimate of drug-likeness (QED) is 0.107. The van der Waals surface area contributed by atoms with E-state index in [0.717, 1.165) is 40.1 Å². The fraction of sp³-hybridized carbons (Fsp3) is 0.323. The number of nitrogens with zero attached hydrogens (tertiary/aromatic N) is 4. The number of imidazole rings is 1. The summed E-state index contributed by atoms with van der Waals surface area (Å²) in [6.45, 7) is 23.3. The summed E-state index contributed by atoms with van der Waals surface area (Å²) in [6, 6.07) is 55.3. The Morgan fingerprint density at radius 1 is 0.662 bits per heavy atom. The number of fused-ring (bicyclic) bond motifs is 4. The maximum Gasteiger partial charge on any atom is 0.0798 e. The largest absolute Gasteiger partial charge is 0.351 e. The summed E-state index contributed by atoms with van der Waals surface area (Å²) < 4.78 is 4.82. The normalized spacial score (nSPS) is 13.6. The van der Waals surface area contributed by atoms with Crippen LogP contribution in [0.25, 0.3) is 66.9 Å². The van der Waals surface area contributed by atoms with E-state index in [1.165, 1.54) is 92.7 Å². The van der Waals surface area contributed by atoms with Gasteiger partial charge in [-0.05, 0) is 111 Å². The molecule has 1 fully saturated rings. The third-order valence-electron chi connectivity index (χ3n) is 13.7. The number of rotatable bonds is 9. The molecule has 0 saturated heterocycles. The van der Waals surface area contributed by atoms with Gasteiger partial charge in [0.05, 0.1) is 24.9 Å². The first kappa shape index (κ1) is 49.0. The SMILES string of the molecule is CC(C)(C)Cc1cc(-c2[c-]cccc2)ncc1[Si](C)(C)C.CC(C)c1cccc(C(C)C)c1-n1c(-c2[c-]cc3c(c2)c2cc(C4CCCCC4)ccc2n3-c2ccccc2)nc2ccccc21.[Ir]. The van der Waals surface area contributed by atoms with E-state index in [0.29, 0.717) is 17.8 Å². The first-order chi connectivity index (χ1) is 32.2. The van der Waals surface area contributed by atoms with Crippen LogP contribution in [0.3, 0.4) is 0 Å². The maximum atomic E-state index is 5.33. The molecule has 1 saturated carbocycles. The van der Waals surface area contributed by atoms with Crippen LogP contribution < -0.4 is 5.19 Å². The van der Waals surface area contributed by atoms with Gasteiger partial charge in [-0.25, -0.2) is 0 Å². The zero-order valence-electron chi connectivity index (χ0n) is 41.9. The number of para-hydroxylation sites is 4. The van der Waals surface area contributed by atoms with Gasteiger partial charge in [0.1, 0.15) is 0 Å². The molecule has 68 heavy (non-hydrogen) atoms. The summed E-state index contributed by atoms with van der Waals surface area (Å²) in [7, 11) is -1.37. The van der Waals surface area contributed by atoms with Crippen LogP contribution in [0.2, 0.25) is 19.6 Å². The Morgan fingerprint density at radius 3 is 2.00 bits per heavy atom. The van der Waals surface area contributed by atoms with Crippen molar-refractivity contribution >= 4 is 46.1 Å². The molecule has 0 spiro atoms. The Balaban J connectivity index is 0.000000240. The number of benzene rings is 6. The van der Waals surface area contributed by atoms with Crippen LogP contribution in [0.5, 0.6) is 0 Å². The van der Waals surface area contributed by atoms with Crippen LogP contribution in [0.1, 0.15) is 121 Å². The summed E-state index contributed by atoms with van der Waals surface area (Å²) >= 11 is 0. The third-order valence-corrected chi connectivity index (χ3v) is 15.8. The molecule has 6 heteroatoms. The minimum absolute atomic E-state index is 0. The van der Waals surface area contributed by atoms with Crippen molar-refractivity contribution < 1.29 is 20.1 Å². The molecule has 0 unspecified atom stereocenters. The Kier molecular flexibility index (Phi) is 14.6. The van der Waals surface area contributed by atoms with Crippen molar-refractivity contribution in [2.24, 2.45) is 5.41 Å². The Morgan fingerprint density at radius 2 is 1.34 bits per heavy atom. The van der Waals surface area contributed by atoms with Gasteiger partial charge >= 0.3 is 0 Å². The molecule has 1 radical (unpaired) electrons. The van der Waals surface area contributed by atoms with Crippen molar-refractivity contribution in [2.75, 3.05) is 0 Å². The van der Waals surface area contributed by atoms with Gasteiger partial charge in [-0.2, -0.15) is 0 Å². The number of hydrogen-bond acceptors (Lipinski definition) is 2. The van der Waals surface area contributed by atoms with Crippen LogP contribution in [0.15, 0.2) is 140 Å². The molecule has 3 aromatic heterocycles. The average molecular weight is 1090 g/mol. The third kappa shape index (κ3) is 10.2. The smallest absolute Gasteiger partial charge is 0.0798 e. The second kappa shape index (κ2) is 20.3. The Hall–Kier alpha value is -5.39. The van der Waals surface area contributed by atoms with Gasteiger partial charge in [0.2, 0.25) is 0 Å². The molecular formula is C62H68IrN4Si-2. The molecule has 0 aliphatic heterocycles. The first-order valence-corrected chi connectivity index (χ1v) is 28.3. The summed E-state index contributed by atoms with van der Waals surface area (Å²) in [5.41, 5.74) is 16.0. The molecule has 9 aromatic rings. The molecule has 3 heterocycles. The number of aromatic nitrogens is 4. The van der Waals surface area contributed by atoms with E-state index >= 15 is 0 Å². The van der Waals surface area contributed by atoms with Gasteiger partial charge in [-0.1, -0.05) is 165 Å². The second-order valence-electron chi connectivity index (χ2n) is 21.8. The van der Waals surface area contributed by atoms with E-state index in [9.17, 15) is 0 Å². The predicted octanol–water partition coefficient (Wildman–Crippen LogP) is 16.6. The van der Waals surface area contributed by atoms with Crippen LogP contribution in [-0.4, -0.2) is 27.2 Å². The molecule has 1 aliphatic carbocycles. The topological polar surface area (TPSA) is 35.6 Å². The molecule has 0 amide bonds. The van der Waals surface area contributed by atoms with E-state index in [4.69, 9.17) is 9.97 Å². The summed E-state index contributed by atoms with van der Waals surface area (Å²) in [6.07, 6.45) is 9.82. The summed E-state index contributed by atoms with van der Waals surface area (Å²) in [5.74, 6) is 2.34. The van der Waals surface area contributed by atoms with E-state index in [1.807, 2.05) is 18.2 Å². The monoisotopic (exact) mass is 1090 g/mol. The number of hydrogen-bond donors (Lipinski definition) is 0. The Bertz CT molecular complexity index is 3130. The molecule has 6 aromatic carbocycles. The van der Waals surface area contributed by atoms with Gasteiger partial charge in [-0.3, -0.25) is 4.98 Å². The minimum Gasteiger partial charge on any atom is -0.351 e. The van der Waals surface area contributed by atoms with Crippen LogP contribution in [-0.2, 0) is 26.5 Å². The Labute approximate surface area is 420 Å². The van der Waals surface area contributed by atoms with Crippen molar-refractivity contribution in [1.29, 1.82) is 0 Å². The first-order valence-electron chi connectivity index (χ1n) is 24.8. The summed E-state index contributed by atoms with van der Waals surface area (Å²) in [4.78, 5) is 10.0. The molecule has 0 N–H and O–H groups in total. The van der Waals surface area contributed by atoms with E-state index < -0.39 is 8.07 Å². The van der Waals surface area contributed by atoms with Crippen molar-refractivity contribution in [3.8, 4) is 34.0 Å². The zero-order valence-corrected chi connectivity index (χ0v) is 45.3. The van der Waals surface area contributed by atoms with E-state index in [1.54, 1.807) is 0 Å². The maximum absolute atomic E-state index is 5.33. The molecule has 0 atom stereocenters. The fourth-order valence-corrected chi connectivity index (χ4v) is 12.0. The average Bonchev–Trinajstić information content (AvgIpc) is 3.87. The van der Waals surface area contributed by atoms with E-state index in [-0.39, 0.29) is 25.5 Å². The molecule has 1 aliphatic rings. The van der Waals surface area contributed by atoms with Gasteiger partial charge in [-0.15, -0.1) is 59.7 Å². The minimum atomic E-state index is -1.37. The second-order valence-corrected chi connectivity index (χ2v) is 26.8. The summed E-state index contributed by atoms with van der Waals surface area (Å²) in [5, 5.41) is 4.05. The van der Waals surface area contributed by atoms with Gasteiger partial charge in [0.25, 0.3) is 0 Å².